The molecular formula is C21H19N3O4. The van der Waals surface area contributed by atoms with Gasteiger partial charge in [0.15, 0.2) is 5.76 Å². The van der Waals surface area contributed by atoms with E-state index in [1.807, 2.05) is 23.9 Å². The third-order valence-corrected chi connectivity index (χ3v) is 5.33. The van der Waals surface area contributed by atoms with Gasteiger partial charge in [-0.25, -0.2) is 4.98 Å². The first-order valence-corrected chi connectivity index (χ1v) is 9.22. The molecule has 2 aromatic heterocycles. The van der Waals surface area contributed by atoms with E-state index in [1.165, 1.54) is 6.07 Å². The zero-order valence-corrected chi connectivity index (χ0v) is 15.3. The lowest BCUT2D eigenvalue weighted by molar-refractivity contribution is 0.101. The molecule has 2 aliphatic heterocycles. The number of hydrogen-bond acceptors (Lipinski definition) is 6. The Hall–Kier alpha value is -3.48. The molecule has 0 spiro atoms. The van der Waals surface area contributed by atoms with Crippen LogP contribution in [0, 0.1) is 0 Å². The minimum absolute atomic E-state index is 0.0715. The smallest absolute Gasteiger partial charge is 0.235 e. The van der Waals surface area contributed by atoms with Crippen LogP contribution in [-0.2, 0) is 7.05 Å². The van der Waals surface area contributed by atoms with Crippen LogP contribution in [0.1, 0.15) is 28.8 Å². The zero-order valence-electron chi connectivity index (χ0n) is 15.3. The third-order valence-electron chi connectivity index (χ3n) is 5.33. The zero-order chi connectivity index (χ0) is 19.4. The van der Waals surface area contributed by atoms with Crippen molar-refractivity contribution in [2.75, 3.05) is 18.0 Å². The second-order valence-corrected chi connectivity index (χ2v) is 7.20. The number of nitrogens with zero attached hydrogens (tertiary/aromatic N) is 3. The molecule has 1 saturated heterocycles. The van der Waals surface area contributed by atoms with Crippen molar-refractivity contribution in [3.63, 3.8) is 0 Å². The van der Waals surface area contributed by atoms with Gasteiger partial charge in [0.2, 0.25) is 5.78 Å². The number of hydrogen-bond donors (Lipinski definition) is 2. The van der Waals surface area contributed by atoms with Gasteiger partial charge in [-0.2, -0.15) is 0 Å². The number of rotatable bonds is 2. The minimum atomic E-state index is -0.406. The molecule has 1 fully saturated rings. The fourth-order valence-corrected chi connectivity index (χ4v) is 4.07. The Balaban J connectivity index is 1.65. The summed E-state index contributed by atoms with van der Waals surface area (Å²) >= 11 is 0. The summed E-state index contributed by atoms with van der Waals surface area (Å²) in [7, 11) is 1.92. The number of pyridine rings is 1. The maximum atomic E-state index is 12.7. The SMILES string of the molecule is Cn1cc(/C=C2\Oc3cc(O)cc(O)c3C2=O)c2c(N3CCCC3)ccnc21. The van der Waals surface area contributed by atoms with Crippen LogP contribution in [0.2, 0.25) is 0 Å². The Labute approximate surface area is 161 Å². The number of allylic oxidation sites excluding steroid dienone is 1. The van der Waals surface area contributed by atoms with Crippen molar-refractivity contribution in [2.45, 2.75) is 12.8 Å². The highest BCUT2D eigenvalue weighted by atomic mass is 16.5. The predicted molar refractivity (Wildman–Crippen MR) is 105 cm³/mol. The molecule has 7 heteroatoms. The number of aromatic nitrogens is 2. The normalized spacial score (nSPS) is 17.5. The number of Topliss-reactive ketones (excluding diaryl/α,β-unsaturated/α-hetero) is 1. The molecule has 28 heavy (non-hydrogen) atoms. The lowest BCUT2D eigenvalue weighted by Crippen LogP contribution is -2.18. The van der Waals surface area contributed by atoms with Crippen LogP contribution in [0.25, 0.3) is 17.1 Å². The van der Waals surface area contributed by atoms with Crippen LogP contribution in [0.15, 0.2) is 36.4 Å². The van der Waals surface area contributed by atoms with Crippen molar-refractivity contribution < 1.29 is 19.7 Å². The maximum absolute atomic E-state index is 12.7. The van der Waals surface area contributed by atoms with Gasteiger partial charge < -0.3 is 24.4 Å². The van der Waals surface area contributed by atoms with E-state index in [2.05, 4.69) is 9.88 Å². The Morgan fingerprint density at radius 1 is 1.21 bits per heavy atom. The molecule has 1 aromatic carbocycles. The van der Waals surface area contributed by atoms with E-state index in [4.69, 9.17) is 4.74 Å². The molecular weight excluding hydrogens is 358 g/mol. The van der Waals surface area contributed by atoms with E-state index in [0.29, 0.717) is 0 Å². The average molecular weight is 377 g/mol. The Kier molecular flexibility index (Phi) is 3.58. The molecule has 0 atom stereocenters. The standard InChI is InChI=1S/C21H19N3O4/c1-23-11-12(18-14(4-5-22-21(18)23)24-6-2-3-7-24)8-17-20(27)19-15(26)9-13(25)10-16(19)28-17/h4-5,8-11,25-26H,2-3,6-7H2,1H3/b17-8-. The quantitative estimate of drug-likeness (QED) is 0.667. The van der Waals surface area contributed by atoms with Gasteiger partial charge in [0.1, 0.15) is 28.5 Å². The van der Waals surface area contributed by atoms with Crippen LogP contribution in [-0.4, -0.2) is 38.6 Å². The number of carbonyl (C=O) groups is 1. The van der Waals surface area contributed by atoms with Crippen molar-refractivity contribution in [3.05, 3.63) is 47.5 Å². The summed E-state index contributed by atoms with van der Waals surface area (Å²) in [6, 6.07) is 4.47. The van der Waals surface area contributed by atoms with Gasteiger partial charge in [0.05, 0.1) is 0 Å². The van der Waals surface area contributed by atoms with Gasteiger partial charge in [-0.3, -0.25) is 4.79 Å². The molecule has 5 rings (SSSR count). The molecule has 0 bridgehead atoms. The molecule has 4 heterocycles. The van der Waals surface area contributed by atoms with E-state index < -0.39 is 5.78 Å². The van der Waals surface area contributed by atoms with Crippen molar-refractivity contribution in [1.82, 2.24) is 9.55 Å². The predicted octanol–water partition coefficient (Wildman–Crippen LogP) is 3.20. The highest BCUT2D eigenvalue weighted by molar-refractivity contribution is 6.17. The van der Waals surface area contributed by atoms with Crippen molar-refractivity contribution >= 4 is 28.6 Å². The minimum Gasteiger partial charge on any atom is -0.508 e. The second-order valence-electron chi connectivity index (χ2n) is 7.20. The summed E-state index contributed by atoms with van der Waals surface area (Å²) < 4.78 is 7.58. The average Bonchev–Trinajstić information content (AvgIpc) is 3.36. The van der Waals surface area contributed by atoms with Gasteiger partial charge in [-0.1, -0.05) is 0 Å². The van der Waals surface area contributed by atoms with E-state index in [9.17, 15) is 15.0 Å². The lowest BCUT2D eigenvalue weighted by atomic mass is 10.1. The number of aryl methyl sites for hydroxylation is 1. The van der Waals surface area contributed by atoms with Crippen molar-refractivity contribution in [2.24, 2.45) is 7.05 Å². The van der Waals surface area contributed by atoms with Crippen LogP contribution >= 0.6 is 0 Å². The largest absolute Gasteiger partial charge is 0.508 e. The maximum Gasteiger partial charge on any atom is 0.235 e. The van der Waals surface area contributed by atoms with Gasteiger partial charge in [-0.05, 0) is 25.0 Å². The molecule has 2 N–H and O–H groups in total. The first-order chi connectivity index (χ1) is 13.5. The molecule has 2 aliphatic rings. The molecule has 0 amide bonds. The first kappa shape index (κ1) is 16.7. The summed E-state index contributed by atoms with van der Waals surface area (Å²) in [6.07, 6.45) is 7.73. The Bertz CT molecular complexity index is 1160. The molecule has 142 valence electrons. The van der Waals surface area contributed by atoms with Gasteiger partial charge in [0, 0.05) is 61.3 Å². The number of anilines is 1. The van der Waals surface area contributed by atoms with Crippen LogP contribution < -0.4 is 9.64 Å². The summed E-state index contributed by atoms with van der Waals surface area (Å²) in [5.74, 6) is -0.584. The van der Waals surface area contributed by atoms with E-state index >= 15 is 0 Å². The molecule has 0 aliphatic carbocycles. The summed E-state index contributed by atoms with van der Waals surface area (Å²) in [4.78, 5) is 19.6. The number of ether oxygens (including phenoxy) is 1. The highest BCUT2D eigenvalue weighted by Crippen LogP contribution is 2.41. The van der Waals surface area contributed by atoms with Crippen molar-refractivity contribution in [1.29, 1.82) is 0 Å². The number of carbonyl (C=O) groups excluding carboxylic acids is 1. The number of phenols is 2. The molecule has 7 nitrogen and oxygen atoms in total. The van der Waals surface area contributed by atoms with Crippen LogP contribution in [0.4, 0.5) is 5.69 Å². The molecule has 0 unspecified atom stereocenters. The summed E-state index contributed by atoms with van der Waals surface area (Å²) in [5, 5.41) is 20.6. The molecule has 3 aromatic rings. The van der Waals surface area contributed by atoms with E-state index in [0.717, 1.165) is 54.3 Å². The fraction of sp³-hybridized carbons (Fsp3) is 0.238. The Morgan fingerprint density at radius 3 is 2.79 bits per heavy atom. The topological polar surface area (TPSA) is 87.8 Å². The summed E-state index contributed by atoms with van der Waals surface area (Å²) in [6.45, 7) is 2.00. The van der Waals surface area contributed by atoms with Gasteiger partial charge in [0.25, 0.3) is 0 Å². The van der Waals surface area contributed by atoms with Crippen LogP contribution in [0.5, 0.6) is 17.2 Å². The lowest BCUT2D eigenvalue weighted by Gasteiger charge is -2.19. The van der Waals surface area contributed by atoms with Crippen LogP contribution in [0.3, 0.4) is 0 Å². The Morgan fingerprint density at radius 2 is 2.00 bits per heavy atom. The fourth-order valence-electron chi connectivity index (χ4n) is 4.07. The number of phenolic OH excluding ortho intramolecular Hbond substituents is 2. The van der Waals surface area contributed by atoms with E-state index in [1.54, 1.807) is 12.3 Å². The second kappa shape index (κ2) is 6.02. The number of ketones is 1. The first-order valence-electron chi connectivity index (χ1n) is 9.22. The van der Waals surface area contributed by atoms with E-state index in [-0.39, 0.29) is 28.6 Å². The van der Waals surface area contributed by atoms with Crippen molar-refractivity contribution in [3.8, 4) is 17.2 Å². The number of fused-ring (bicyclic) bond motifs is 2. The molecule has 0 saturated carbocycles. The monoisotopic (exact) mass is 377 g/mol. The third kappa shape index (κ3) is 2.43. The molecule has 0 radical (unpaired) electrons. The van der Waals surface area contributed by atoms with Gasteiger partial charge >= 0.3 is 0 Å². The number of benzene rings is 1. The van der Waals surface area contributed by atoms with Gasteiger partial charge in [-0.15, -0.1) is 0 Å². The highest BCUT2D eigenvalue weighted by Gasteiger charge is 2.32. The number of aromatic hydroxyl groups is 2. The summed E-state index contributed by atoms with van der Waals surface area (Å²) in [5.41, 5.74) is 2.83.